The summed E-state index contributed by atoms with van der Waals surface area (Å²) in [4.78, 5) is 8.51. The average molecular weight is 404 g/mol. The molecular formula is C19H22F2N6O2. The van der Waals surface area contributed by atoms with Crippen molar-refractivity contribution in [2.45, 2.75) is 38.8 Å². The van der Waals surface area contributed by atoms with E-state index in [1.807, 2.05) is 6.92 Å². The normalized spacial score (nSPS) is 14.6. The number of pyridine rings is 2. The molecule has 0 saturated heterocycles. The summed E-state index contributed by atoms with van der Waals surface area (Å²) < 4.78 is 27.2. The molecule has 0 fully saturated rings. The Hall–Kier alpha value is -2.98. The molecule has 0 spiro atoms. The quantitative estimate of drug-likeness (QED) is 0.555. The Morgan fingerprint density at radius 3 is 2.66 bits per heavy atom. The van der Waals surface area contributed by atoms with Crippen molar-refractivity contribution in [3.8, 4) is 11.4 Å². The fraction of sp³-hybridized carbons (Fsp3) is 0.368. The highest BCUT2D eigenvalue weighted by atomic mass is 19.3. The lowest BCUT2D eigenvalue weighted by molar-refractivity contribution is -0.0393. The summed E-state index contributed by atoms with van der Waals surface area (Å²) in [6.07, 6.45) is 0.337. The standard InChI is InChI=1S/C19H22F2N6O2/c1-11-6-14(15-9-27(26-25-15)12(2)19(3,29)10-28)23-17(7-11)24-16-8-13(18(20)21)4-5-22-16/h4-9,12,18,28-29H,10H2,1-3H3,(H,22,23,24). The highest BCUT2D eigenvalue weighted by Crippen LogP contribution is 2.26. The predicted molar refractivity (Wildman–Crippen MR) is 103 cm³/mol. The number of anilines is 2. The molecule has 3 rings (SSSR count). The second kappa shape index (κ2) is 8.18. The van der Waals surface area contributed by atoms with E-state index in [1.165, 1.54) is 29.9 Å². The minimum atomic E-state index is -2.59. The molecule has 3 aromatic heterocycles. The molecule has 0 aromatic carbocycles. The van der Waals surface area contributed by atoms with Gasteiger partial charge in [0.1, 0.15) is 22.9 Å². The Morgan fingerprint density at radius 1 is 1.21 bits per heavy atom. The molecule has 0 amide bonds. The molecule has 154 valence electrons. The van der Waals surface area contributed by atoms with Crippen LogP contribution in [0.15, 0.2) is 36.7 Å². The molecule has 10 heteroatoms. The second-order valence-corrected chi connectivity index (χ2v) is 7.09. The zero-order valence-electron chi connectivity index (χ0n) is 16.2. The molecule has 2 unspecified atom stereocenters. The van der Waals surface area contributed by atoms with Crippen molar-refractivity contribution < 1.29 is 19.0 Å². The number of hydrogen-bond donors (Lipinski definition) is 3. The molecule has 29 heavy (non-hydrogen) atoms. The molecule has 2 atom stereocenters. The molecule has 0 radical (unpaired) electrons. The van der Waals surface area contributed by atoms with Crippen LogP contribution in [0.5, 0.6) is 0 Å². The van der Waals surface area contributed by atoms with Crippen LogP contribution in [0, 0.1) is 6.92 Å². The van der Waals surface area contributed by atoms with Crippen molar-refractivity contribution in [2.75, 3.05) is 11.9 Å². The van der Waals surface area contributed by atoms with Gasteiger partial charge in [-0.25, -0.2) is 23.4 Å². The number of nitrogens with one attached hydrogen (secondary N) is 1. The maximum Gasteiger partial charge on any atom is 0.264 e. The third kappa shape index (κ3) is 4.72. The number of alkyl halides is 2. The summed E-state index contributed by atoms with van der Waals surface area (Å²) in [5.41, 5.74) is 0.348. The Kier molecular flexibility index (Phi) is 5.85. The summed E-state index contributed by atoms with van der Waals surface area (Å²) >= 11 is 0. The van der Waals surface area contributed by atoms with Crippen LogP contribution in [0.2, 0.25) is 0 Å². The SMILES string of the molecule is Cc1cc(Nc2cc(C(F)F)ccn2)nc(-c2cn(C(C)C(C)(O)CO)nn2)c1. The van der Waals surface area contributed by atoms with Gasteiger partial charge in [-0.2, -0.15) is 0 Å². The van der Waals surface area contributed by atoms with Crippen molar-refractivity contribution in [2.24, 2.45) is 0 Å². The Bertz CT molecular complexity index is 992. The van der Waals surface area contributed by atoms with E-state index in [2.05, 4.69) is 25.6 Å². The van der Waals surface area contributed by atoms with Gasteiger partial charge in [-0.05, 0) is 50.6 Å². The summed E-state index contributed by atoms with van der Waals surface area (Å²) in [5.74, 6) is 0.673. The maximum atomic E-state index is 12.9. The number of halogens is 2. The molecule has 3 aromatic rings. The van der Waals surface area contributed by atoms with E-state index in [4.69, 9.17) is 0 Å². The fourth-order valence-electron chi connectivity index (χ4n) is 2.65. The third-order valence-corrected chi connectivity index (χ3v) is 4.65. The minimum Gasteiger partial charge on any atom is -0.393 e. The molecule has 8 nitrogen and oxygen atoms in total. The lowest BCUT2D eigenvalue weighted by Gasteiger charge is -2.27. The molecule has 0 saturated carbocycles. The van der Waals surface area contributed by atoms with Crippen LogP contribution in [-0.4, -0.2) is 47.4 Å². The highest BCUT2D eigenvalue weighted by Gasteiger charge is 2.30. The number of hydrogen-bond acceptors (Lipinski definition) is 7. The largest absolute Gasteiger partial charge is 0.393 e. The van der Waals surface area contributed by atoms with Gasteiger partial charge in [0.05, 0.1) is 24.5 Å². The molecule has 3 N–H and O–H groups in total. The van der Waals surface area contributed by atoms with E-state index in [-0.39, 0.29) is 11.4 Å². The molecule has 0 aliphatic carbocycles. The van der Waals surface area contributed by atoms with Gasteiger partial charge in [-0.1, -0.05) is 5.21 Å². The maximum absolute atomic E-state index is 12.9. The van der Waals surface area contributed by atoms with Crippen LogP contribution < -0.4 is 5.32 Å². The van der Waals surface area contributed by atoms with Gasteiger partial charge in [0, 0.05) is 11.8 Å². The Labute approximate surface area is 166 Å². The lowest BCUT2D eigenvalue weighted by Crippen LogP contribution is -2.38. The monoisotopic (exact) mass is 404 g/mol. The third-order valence-electron chi connectivity index (χ3n) is 4.65. The van der Waals surface area contributed by atoms with Gasteiger partial charge in [0.2, 0.25) is 0 Å². The molecule has 3 heterocycles. The van der Waals surface area contributed by atoms with Crippen LogP contribution in [0.1, 0.15) is 37.4 Å². The first-order valence-electron chi connectivity index (χ1n) is 8.95. The van der Waals surface area contributed by atoms with Crippen molar-refractivity contribution in [3.63, 3.8) is 0 Å². The number of aliphatic hydroxyl groups excluding tert-OH is 1. The smallest absolute Gasteiger partial charge is 0.264 e. The zero-order chi connectivity index (χ0) is 21.2. The summed E-state index contributed by atoms with van der Waals surface area (Å²) in [7, 11) is 0. The van der Waals surface area contributed by atoms with Crippen molar-refractivity contribution in [1.82, 2.24) is 25.0 Å². The van der Waals surface area contributed by atoms with E-state index in [0.29, 0.717) is 17.2 Å². The average Bonchev–Trinajstić information content (AvgIpc) is 3.17. The summed E-state index contributed by atoms with van der Waals surface area (Å²) in [6.45, 7) is 4.66. The van der Waals surface area contributed by atoms with E-state index >= 15 is 0 Å². The van der Waals surface area contributed by atoms with Gasteiger partial charge >= 0.3 is 0 Å². The number of aromatic nitrogens is 5. The van der Waals surface area contributed by atoms with E-state index in [1.54, 1.807) is 25.3 Å². The Balaban J connectivity index is 1.87. The van der Waals surface area contributed by atoms with Crippen molar-refractivity contribution in [1.29, 1.82) is 0 Å². The summed E-state index contributed by atoms with van der Waals surface area (Å²) in [6, 6.07) is 5.56. The number of aryl methyl sites for hydroxylation is 1. The lowest BCUT2D eigenvalue weighted by atomic mass is 9.99. The minimum absolute atomic E-state index is 0.136. The second-order valence-electron chi connectivity index (χ2n) is 7.09. The molecule has 0 aliphatic rings. The van der Waals surface area contributed by atoms with E-state index < -0.39 is 24.7 Å². The molecular weight excluding hydrogens is 382 g/mol. The topological polar surface area (TPSA) is 109 Å². The highest BCUT2D eigenvalue weighted by molar-refractivity contribution is 5.61. The fourth-order valence-corrected chi connectivity index (χ4v) is 2.65. The Morgan fingerprint density at radius 2 is 1.97 bits per heavy atom. The number of aliphatic hydroxyl groups is 2. The van der Waals surface area contributed by atoms with Crippen LogP contribution in [-0.2, 0) is 0 Å². The molecule has 0 aliphatic heterocycles. The van der Waals surface area contributed by atoms with Gasteiger partial charge in [-0.3, -0.25) is 0 Å². The first-order chi connectivity index (χ1) is 13.7. The van der Waals surface area contributed by atoms with E-state index in [0.717, 1.165) is 5.56 Å². The van der Waals surface area contributed by atoms with Gasteiger partial charge in [-0.15, -0.1) is 5.10 Å². The van der Waals surface area contributed by atoms with Crippen LogP contribution in [0.3, 0.4) is 0 Å². The van der Waals surface area contributed by atoms with Crippen molar-refractivity contribution in [3.05, 3.63) is 47.8 Å². The van der Waals surface area contributed by atoms with Gasteiger partial charge in [0.15, 0.2) is 0 Å². The molecule has 0 bridgehead atoms. The first-order valence-corrected chi connectivity index (χ1v) is 8.95. The van der Waals surface area contributed by atoms with Crippen LogP contribution >= 0.6 is 0 Å². The van der Waals surface area contributed by atoms with Gasteiger partial charge < -0.3 is 15.5 Å². The van der Waals surface area contributed by atoms with Crippen LogP contribution in [0.4, 0.5) is 20.4 Å². The first kappa shape index (κ1) is 20.7. The predicted octanol–water partition coefficient (Wildman–Crippen LogP) is 3.03. The van der Waals surface area contributed by atoms with E-state index in [9.17, 15) is 19.0 Å². The number of rotatable bonds is 7. The van der Waals surface area contributed by atoms with Crippen molar-refractivity contribution >= 4 is 11.6 Å². The zero-order valence-corrected chi connectivity index (χ0v) is 16.2. The van der Waals surface area contributed by atoms with Gasteiger partial charge in [0.25, 0.3) is 6.43 Å². The number of nitrogens with zero attached hydrogens (tertiary/aromatic N) is 5. The summed E-state index contributed by atoms with van der Waals surface area (Å²) in [5, 5.41) is 30.6. The van der Waals surface area contributed by atoms with Crippen LogP contribution in [0.25, 0.3) is 11.4 Å².